The zero-order valence-corrected chi connectivity index (χ0v) is 16.0. The van der Waals surface area contributed by atoms with Crippen LogP contribution in [0.4, 0.5) is 10.1 Å². The van der Waals surface area contributed by atoms with Crippen molar-refractivity contribution in [1.29, 1.82) is 0 Å². The number of hydrogen-bond acceptors (Lipinski definition) is 4. The molecule has 0 saturated heterocycles. The van der Waals surface area contributed by atoms with E-state index in [1.54, 1.807) is 53.8 Å². The first-order valence-corrected chi connectivity index (χ1v) is 8.77. The fraction of sp³-hybridized carbons (Fsp3) is 0.200. The van der Waals surface area contributed by atoms with Crippen molar-refractivity contribution in [2.24, 2.45) is 7.05 Å². The van der Waals surface area contributed by atoms with Gasteiger partial charge in [0.25, 0.3) is 5.91 Å². The third-order valence-electron chi connectivity index (χ3n) is 4.63. The lowest BCUT2D eigenvalue weighted by molar-refractivity contribution is 0.102. The zero-order chi connectivity index (χ0) is 20.0. The van der Waals surface area contributed by atoms with E-state index in [0.29, 0.717) is 45.2 Å². The van der Waals surface area contributed by atoms with Crippen molar-refractivity contribution in [2.45, 2.75) is 20.8 Å². The van der Waals surface area contributed by atoms with Gasteiger partial charge in [-0.2, -0.15) is 5.10 Å². The van der Waals surface area contributed by atoms with Gasteiger partial charge in [-0.3, -0.25) is 9.48 Å². The van der Waals surface area contributed by atoms with E-state index >= 15 is 0 Å². The highest BCUT2D eigenvalue weighted by molar-refractivity contribution is 6.12. The molecule has 4 rings (SSSR count). The molecule has 142 valence electrons. The molecule has 0 fully saturated rings. The second-order valence-corrected chi connectivity index (χ2v) is 6.68. The molecule has 1 amide bonds. The van der Waals surface area contributed by atoms with Gasteiger partial charge in [-0.15, -0.1) is 0 Å². The summed E-state index contributed by atoms with van der Waals surface area (Å²) in [7, 11) is 1.79. The summed E-state index contributed by atoms with van der Waals surface area (Å²) in [6.45, 7) is 5.45. The summed E-state index contributed by atoms with van der Waals surface area (Å²) in [6, 6.07) is 6.29. The van der Waals surface area contributed by atoms with Gasteiger partial charge in [-0.25, -0.2) is 14.4 Å². The van der Waals surface area contributed by atoms with E-state index < -0.39 is 5.82 Å². The molecule has 0 bridgehead atoms. The smallest absolute Gasteiger partial charge is 0.256 e. The number of nitrogens with one attached hydrogen (secondary N) is 1. The van der Waals surface area contributed by atoms with Gasteiger partial charge in [0.2, 0.25) is 0 Å². The van der Waals surface area contributed by atoms with E-state index in [2.05, 4.69) is 20.4 Å². The minimum absolute atomic E-state index is 0.336. The van der Waals surface area contributed by atoms with Gasteiger partial charge in [-0.05, 0) is 45.0 Å². The molecule has 0 spiro atoms. The fourth-order valence-corrected chi connectivity index (χ4v) is 3.36. The number of rotatable bonds is 3. The molecule has 4 aromatic rings. The Balaban J connectivity index is 1.69. The van der Waals surface area contributed by atoms with Gasteiger partial charge in [0, 0.05) is 30.8 Å². The van der Waals surface area contributed by atoms with Crippen LogP contribution in [-0.4, -0.2) is 30.2 Å². The number of carbonyl (C=O) groups excluding carboxylic acids is 1. The summed E-state index contributed by atoms with van der Waals surface area (Å²) in [5.41, 5.74) is 3.26. The molecule has 1 aromatic carbocycles. The highest BCUT2D eigenvalue weighted by atomic mass is 19.1. The minimum Gasteiger partial charge on any atom is -0.322 e. The third-order valence-corrected chi connectivity index (χ3v) is 4.63. The van der Waals surface area contributed by atoms with Crippen LogP contribution < -0.4 is 5.32 Å². The third kappa shape index (κ3) is 2.92. The Morgan fingerprint density at radius 2 is 1.96 bits per heavy atom. The number of aromatic nitrogens is 5. The van der Waals surface area contributed by atoms with Crippen LogP contribution in [0.1, 0.15) is 27.6 Å². The van der Waals surface area contributed by atoms with Crippen LogP contribution in [0.2, 0.25) is 0 Å². The van der Waals surface area contributed by atoms with Crippen LogP contribution in [-0.2, 0) is 7.05 Å². The molecule has 7 nitrogen and oxygen atoms in total. The number of anilines is 1. The average molecular weight is 378 g/mol. The number of pyridine rings is 1. The SMILES string of the molecule is Cc1cc(C(=O)Nc2ccc(-n3ccnc3C)c(F)c2)c2c(C)nn(C)c2n1. The summed E-state index contributed by atoms with van der Waals surface area (Å²) < 4.78 is 17.9. The number of benzene rings is 1. The Kier molecular flexibility index (Phi) is 4.18. The van der Waals surface area contributed by atoms with Crippen molar-refractivity contribution < 1.29 is 9.18 Å². The highest BCUT2D eigenvalue weighted by Crippen LogP contribution is 2.24. The molecule has 0 unspecified atom stereocenters. The number of fused-ring (bicyclic) bond motifs is 1. The first-order chi connectivity index (χ1) is 13.3. The number of imidazole rings is 1. The number of aryl methyl sites for hydroxylation is 4. The summed E-state index contributed by atoms with van der Waals surface area (Å²) >= 11 is 0. The van der Waals surface area contributed by atoms with Gasteiger partial charge < -0.3 is 9.88 Å². The van der Waals surface area contributed by atoms with Crippen molar-refractivity contribution >= 4 is 22.6 Å². The van der Waals surface area contributed by atoms with Gasteiger partial charge in [-0.1, -0.05) is 0 Å². The molecule has 0 aliphatic rings. The largest absolute Gasteiger partial charge is 0.322 e. The van der Waals surface area contributed by atoms with E-state index in [-0.39, 0.29) is 5.91 Å². The van der Waals surface area contributed by atoms with Gasteiger partial charge >= 0.3 is 0 Å². The normalized spacial score (nSPS) is 11.2. The summed E-state index contributed by atoms with van der Waals surface area (Å²) in [5, 5.41) is 7.81. The number of amides is 1. The maximum Gasteiger partial charge on any atom is 0.256 e. The van der Waals surface area contributed by atoms with E-state index in [1.165, 1.54) is 6.07 Å². The summed E-state index contributed by atoms with van der Waals surface area (Å²) in [5.74, 6) is -0.109. The molecule has 0 radical (unpaired) electrons. The van der Waals surface area contributed by atoms with Crippen molar-refractivity contribution in [3.8, 4) is 5.69 Å². The topological polar surface area (TPSA) is 77.6 Å². The quantitative estimate of drug-likeness (QED) is 0.592. The predicted molar refractivity (Wildman–Crippen MR) is 104 cm³/mol. The highest BCUT2D eigenvalue weighted by Gasteiger charge is 2.18. The lowest BCUT2D eigenvalue weighted by Crippen LogP contribution is -2.14. The zero-order valence-electron chi connectivity index (χ0n) is 16.0. The number of nitrogens with zero attached hydrogens (tertiary/aromatic N) is 5. The van der Waals surface area contributed by atoms with Crippen LogP contribution in [0.3, 0.4) is 0 Å². The van der Waals surface area contributed by atoms with Gasteiger partial charge in [0.15, 0.2) is 5.65 Å². The molecule has 1 N–H and O–H groups in total. The second kappa shape index (κ2) is 6.56. The van der Waals surface area contributed by atoms with Crippen molar-refractivity contribution in [3.05, 3.63) is 65.3 Å². The van der Waals surface area contributed by atoms with Crippen LogP contribution in [0.5, 0.6) is 0 Å². The monoisotopic (exact) mass is 378 g/mol. The maximum absolute atomic E-state index is 14.6. The molecule has 3 aromatic heterocycles. The Hall–Kier alpha value is -3.55. The Labute approximate surface area is 160 Å². The molecule has 0 atom stereocenters. The molecule has 0 aliphatic carbocycles. The van der Waals surface area contributed by atoms with Crippen LogP contribution in [0.15, 0.2) is 36.7 Å². The van der Waals surface area contributed by atoms with E-state index in [4.69, 9.17) is 0 Å². The molecule has 28 heavy (non-hydrogen) atoms. The molecular formula is C20H19FN6O. The van der Waals surface area contributed by atoms with Crippen molar-refractivity contribution in [3.63, 3.8) is 0 Å². The van der Waals surface area contributed by atoms with Gasteiger partial charge in [0.1, 0.15) is 11.6 Å². The van der Waals surface area contributed by atoms with Crippen LogP contribution >= 0.6 is 0 Å². The first-order valence-electron chi connectivity index (χ1n) is 8.77. The molecule has 8 heteroatoms. The molecule has 0 aliphatic heterocycles. The van der Waals surface area contributed by atoms with Crippen molar-refractivity contribution in [2.75, 3.05) is 5.32 Å². The van der Waals surface area contributed by atoms with Crippen LogP contribution in [0, 0.1) is 26.6 Å². The number of halogens is 1. The van der Waals surface area contributed by atoms with Crippen molar-refractivity contribution in [1.82, 2.24) is 24.3 Å². The lowest BCUT2D eigenvalue weighted by Gasteiger charge is -2.11. The summed E-state index contributed by atoms with van der Waals surface area (Å²) in [6.07, 6.45) is 3.30. The van der Waals surface area contributed by atoms with E-state index in [1.807, 2.05) is 13.8 Å². The maximum atomic E-state index is 14.6. The predicted octanol–water partition coefficient (Wildman–Crippen LogP) is 3.47. The molecule has 0 saturated carbocycles. The summed E-state index contributed by atoms with van der Waals surface area (Å²) in [4.78, 5) is 21.5. The first kappa shape index (κ1) is 17.8. The Morgan fingerprint density at radius 1 is 1.18 bits per heavy atom. The van der Waals surface area contributed by atoms with E-state index in [9.17, 15) is 9.18 Å². The molecule has 3 heterocycles. The number of carbonyl (C=O) groups is 1. The standard InChI is InChI=1S/C20H19FN6O/c1-11-9-15(18-12(2)25-26(4)19(18)23-11)20(28)24-14-5-6-17(16(21)10-14)27-8-7-22-13(27)3/h5-10H,1-4H3,(H,24,28). The molecular weight excluding hydrogens is 359 g/mol. The number of hydrogen-bond donors (Lipinski definition) is 1. The average Bonchev–Trinajstić information content (AvgIpc) is 3.18. The van der Waals surface area contributed by atoms with E-state index in [0.717, 1.165) is 0 Å². The second-order valence-electron chi connectivity index (χ2n) is 6.68. The Morgan fingerprint density at radius 3 is 2.64 bits per heavy atom. The van der Waals surface area contributed by atoms with Gasteiger partial charge in [0.05, 0.1) is 22.3 Å². The Bertz CT molecular complexity index is 1220. The lowest BCUT2D eigenvalue weighted by atomic mass is 10.1. The van der Waals surface area contributed by atoms with Crippen LogP contribution in [0.25, 0.3) is 16.7 Å². The fourth-order valence-electron chi connectivity index (χ4n) is 3.36. The minimum atomic E-state index is -0.451.